The van der Waals surface area contributed by atoms with E-state index in [1.165, 1.54) is 5.56 Å². The van der Waals surface area contributed by atoms with Crippen LogP contribution in [0.25, 0.3) is 0 Å². The standard InChI is InChI=1S/C7H9N.CH2O/c8-6-7-4-2-1-3-5-7;1-2/h1-5H,6,8H2;1H2. The molecule has 0 amide bonds. The Morgan fingerprint density at radius 3 is 2.00 bits per heavy atom. The third kappa shape index (κ3) is 2.99. The molecule has 0 unspecified atom stereocenters. The van der Waals surface area contributed by atoms with Crippen molar-refractivity contribution in [2.45, 2.75) is 6.54 Å². The molecule has 2 N–H and O–H groups in total. The number of rotatable bonds is 1. The smallest absolute Gasteiger partial charge is 0.106 e. The minimum absolute atomic E-state index is 0.640. The van der Waals surface area contributed by atoms with Crippen LogP contribution in [0.3, 0.4) is 0 Å². The van der Waals surface area contributed by atoms with E-state index in [1.54, 1.807) is 0 Å². The molecule has 0 atom stereocenters. The molecule has 0 aliphatic carbocycles. The van der Waals surface area contributed by atoms with E-state index in [9.17, 15) is 0 Å². The summed E-state index contributed by atoms with van der Waals surface area (Å²) in [6.45, 7) is 2.64. The summed E-state index contributed by atoms with van der Waals surface area (Å²) >= 11 is 0. The maximum atomic E-state index is 8.00. The first-order valence-electron chi connectivity index (χ1n) is 2.96. The van der Waals surface area contributed by atoms with E-state index in [0.717, 1.165) is 0 Å². The molecule has 0 aromatic heterocycles. The zero-order valence-corrected chi connectivity index (χ0v) is 5.79. The van der Waals surface area contributed by atoms with Gasteiger partial charge in [0.2, 0.25) is 0 Å². The number of carbonyl (C=O) groups excluding carboxylic acids is 1. The second kappa shape index (κ2) is 5.98. The van der Waals surface area contributed by atoms with Gasteiger partial charge in [0.15, 0.2) is 0 Å². The van der Waals surface area contributed by atoms with Crippen LogP contribution in [-0.4, -0.2) is 6.79 Å². The molecule has 54 valence electrons. The van der Waals surface area contributed by atoms with E-state index in [4.69, 9.17) is 10.5 Å². The van der Waals surface area contributed by atoms with Gasteiger partial charge in [0, 0.05) is 6.54 Å². The third-order valence-electron chi connectivity index (χ3n) is 1.08. The summed E-state index contributed by atoms with van der Waals surface area (Å²) in [6, 6.07) is 9.99. The highest BCUT2D eigenvalue weighted by molar-refractivity contribution is 5.13. The van der Waals surface area contributed by atoms with Crippen molar-refractivity contribution in [3.63, 3.8) is 0 Å². The summed E-state index contributed by atoms with van der Waals surface area (Å²) in [7, 11) is 0. The van der Waals surface area contributed by atoms with Crippen molar-refractivity contribution in [3.8, 4) is 0 Å². The maximum absolute atomic E-state index is 8.00. The Kier molecular flexibility index (Phi) is 5.29. The molecule has 0 aliphatic heterocycles. The lowest BCUT2D eigenvalue weighted by Gasteiger charge is -1.90. The molecule has 1 aromatic carbocycles. The highest BCUT2D eigenvalue weighted by atomic mass is 16.1. The van der Waals surface area contributed by atoms with E-state index >= 15 is 0 Å². The van der Waals surface area contributed by atoms with Gasteiger partial charge in [-0.1, -0.05) is 30.3 Å². The van der Waals surface area contributed by atoms with Gasteiger partial charge in [-0.15, -0.1) is 0 Å². The predicted octanol–water partition coefficient (Wildman–Crippen LogP) is 0.960. The summed E-state index contributed by atoms with van der Waals surface area (Å²) < 4.78 is 0. The van der Waals surface area contributed by atoms with Gasteiger partial charge in [-0.25, -0.2) is 0 Å². The molecule has 0 aliphatic rings. The van der Waals surface area contributed by atoms with Crippen LogP contribution in [0, 0.1) is 0 Å². The SMILES string of the molecule is C=O.NCc1ccccc1. The van der Waals surface area contributed by atoms with Gasteiger partial charge < -0.3 is 10.5 Å². The molecule has 0 heterocycles. The van der Waals surface area contributed by atoms with Gasteiger partial charge in [0.25, 0.3) is 0 Å². The average Bonchev–Trinajstić information content (AvgIpc) is 2.10. The van der Waals surface area contributed by atoms with Crippen molar-refractivity contribution in [2.75, 3.05) is 0 Å². The van der Waals surface area contributed by atoms with E-state index in [1.807, 2.05) is 37.1 Å². The number of benzene rings is 1. The quantitative estimate of drug-likeness (QED) is 0.626. The summed E-state index contributed by atoms with van der Waals surface area (Å²) in [5, 5.41) is 0. The number of nitrogens with two attached hydrogens (primary N) is 1. The first-order chi connectivity index (χ1) is 4.93. The molecular weight excluding hydrogens is 126 g/mol. The Balaban J connectivity index is 0.000000371. The van der Waals surface area contributed by atoms with Crippen molar-refractivity contribution < 1.29 is 4.79 Å². The molecule has 1 aromatic rings. The third-order valence-corrected chi connectivity index (χ3v) is 1.08. The molecule has 0 fully saturated rings. The fourth-order valence-electron chi connectivity index (χ4n) is 0.614. The van der Waals surface area contributed by atoms with Crippen molar-refractivity contribution in [1.29, 1.82) is 0 Å². The first-order valence-corrected chi connectivity index (χ1v) is 2.96. The molecule has 0 radical (unpaired) electrons. The van der Waals surface area contributed by atoms with Crippen LogP contribution < -0.4 is 5.73 Å². The van der Waals surface area contributed by atoms with Crippen LogP contribution in [0.15, 0.2) is 30.3 Å². The van der Waals surface area contributed by atoms with Crippen molar-refractivity contribution in [2.24, 2.45) is 5.73 Å². The number of carbonyl (C=O) groups is 1. The molecular formula is C8H11NO. The molecule has 0 bridgehead atoms. The highest BCUT2D eigenvalue weighted by Crippen LogP contribution is 1.94. The first kappa shape index (κ1) is 8.85. The summed E-state index contributed by atoms with van der Waals surface area (Å²) in [5.74, 6) is 0. The fourth-order valence-corrected chi connectivity index (χ4v) is 0.614. The van der Waals surface area contributed by atoms with Gasteiger partial charge in [-0.2, -0.15) is 0 Å². The summed E-state index contributed by atoms with van der Waals surface area (Å²) in [6.07, 6.45) is 0. The van der Waals surface area contributed by atoms with Gasteiger partial charge >= 0.3 is 0 Å². The van der Waals surface area contributed by atoms with Gasteiger partial charge in [0.05, 0.1) is 0 Å². The Labute approximate surface area is 60.7 Å². The van der Waals surface area contributed by atoms with Crippen molar-refractivity contribution in [1.82, 2.24) is 0 Å². The Bertz CT molecular complexity index is 162. The second-order valence-electron chi connectivity index (χ2n) is 1.69. The van der Waals surface area contributed by atoms with Crippen molar-refractivity contribution >= 4 is 6.79 Å². The lowest BCUT2D eigenvalue weighted by Crippen LogP contribution is -1.94. The van der Waals surface area contributed by atoms with E-state index in [-0.39, 0.29) is 0 Å². The summed E-state index contributed by atoms with van der Waals surface area (Å²) in [4.78, 5) is 8.00. The van der Waals surface area contributed by atoms with Crippen LogP contribution in [0.5, 0.6) is 0 Å². The molecule has 10 heavy (non-hydrogen) atoms. The summed E-state index contributed by atoms with van der Waals surface area (Å²) in [5.41, 5.74) is 6.54. The lowest BCUT2D eigenvalue weighted by atomic mass is 10.2. The Morgan fingerprint density at radius 2 is 1.70 bits per heavy atom. The van der Waals surface area contributed by atoms with Crippen molar-refractivity contribution in [3.05, 3.63) is 35.9 Å². The van der Waals surface area contributed by atoms with E-state index in [2.05, 4.69) is 0 Å². The van der Waals surface area contributed by atoms with Gasteiger partial charge in [-0.05, 0) is 5.56 Å². The lowest BCUT2D eigenvalue weighted by molar-refractivity contribution is -0.0979. The van der Waals surface area contributed by atoms with Gasteiger partial charge in [0.1, 0.15) is 6.79 Å². The molecule has 1 rings (SSSR count). The highest BCUT2D eigenvalue weighted by Gasteiger charge is 1.80. The Hall–Kier alpha value is -1.15. The van der Waals surface area contributed by atoms with Crippen LogP contribution in [0.2, 0.25) is 0 Å². The second-order valence-corrected chi connectivity index (χ2v) is 1.69. The fraction of sp³-hybridized carbons (Fsp3) is 0.125. The maximum Gasteiger partial charge on any atom is 0.106 e. The Morgan fingerprint density at radius 1 is 1.20 bits per heavy atom. The molecule has 2 heteroatoms. The number of hydrogen-bond donors (Lipinski definition) is 1. The average molecular weight is 137 g/mol. The van der Waals surface area contributed by atoms with Crippen LogP contribution >= 0.6 is 0 Å². The van der Waals surface area contributed by atoms with Gasteiger partial charge in [-0.3, -0.25) is 0 Å². The molecule has 0 saturated carbocycles. The molecule has 0 saturated heterocycles. The minimum atomic E-state index is 0.640. The molecule has 0 spiro atoms. The minimum Gasteiger partial charge on any atom is -0.326 e. The zero-order valence-electron chi connectivity index (χ0n) is 5.79. The topological polar surface area (TPSA) is 43.1 Å². The monoisotopic (exact) mass is 137 g/mol. The normalized spacial score (nSPS) is 7.70. The van der Waals surface area contributed by atoms with E-state index < -0.39 is 0 Å². The predicted molar refractivity (Wildman–Crippen MR) is 41.5 cm³/mol. The molecule has 2 nitrogen and oxygen atoms in total. The number of hydrogen-bond acceptors (Lipinski definition) is 2. The van der Waals surface area contributed by atoms with Crippen LogP contribution in [-0.2, 0) is 11.3 Å². The zero-order chi connectivity index (χ0) is 7.82. The van der Waals surface area contributed by atoms with E-state index in [0.29, 0.717) is 6.54 Å². The largest absolute Gasteiger partial charge is 0.326 e. The van der Waals surface area contributed by atoms with Crippen LogP contribution in [0.4, 0.5) is 0 Å². The van der Waals surface area contributed by atoms with Crippen LogP contribution in [0.1, 0.15) is 5.56 Å².